The summed E-state index contributed by atoms with van der Waals surface area (Å²) in [5, 5.41) is 6.77. The van der Waals surface area contributed by atoms with E-state index >= 15 is 0 Å². The lowest BCUT2D eigenvalue weighted by atomic mass is 10.3. The van der Waals surface area contributed by atoms with E-state index in [0.29, 0.717) is 18.7 Å². The number of hydrogen-bond donors (Lipinski definition) is 3. The Morgan fingerprint density at radius 3 is 2.60 bits per heavy atom. The van der Waals surface area contributed by atoms with Crippen LogP contribution in [0.5, 0.6) is 0 Å². The third kappa shape index (κ3) is 4.30. The Morgan fingerprint density at radius 2 is 2.07 bits per heavy atom. The van der Waals surface area contributed by atoms with Gasteiger partial charge in [-0.1, -0.05) is 0 Å². The first-order valence-corrected chi connectivity index (χ1v) is 5.82. The first kappa shape index (κ1) is 12.0. The van der Waals surface area contributed by atoms with Crippen molar-refractivity contribution in [1.82, 2.24) is 10.6 Å². The van der Waals surface area contributed by atoms with Crippen molar-refractivity contribution in [2.75, 3.05) is 13.1 Å². The molecular weight excluding hydrogens is 282 g/mol. The second kappa shape index (κ2) is 5.72. The molecule has 7 heteroatoms. The predicted octanol–water partition coefficient (Wildman–Crippen LogP) is 0.909. The van der Waals surface area contributed by atoms with Gasteiger partial charge in [0.2, 0.25) is 0 Å². The molecule has 1 heterocycles. The van der Waals surface area contributed by atoms with Gasteiger partial charge in [0.05, 0.1) is 9.35 Å². The highest BCUT2D eigenvalue weighted by molar-refractivity contribution is 9.11. The first-order valence-electron chi connectivity index (χ1n) is 4.15. The third-order valence-corrected chi connectivity index (χ3v) is 3.04. The summed E-state index contributed by atoms with van der Waals surface area (Å²) < 4.78 is 0.905. The molecule has 0 aliphatic carbocycles. The molecule has 5 nitrogen and oxygen atoms in total. The molecule has 0 aliphatic rings. The third-order valence-electron chi connectivity index (χ3n) is 1.54. The summed E-state index contributed by atoms with van der Waals surface area (Å²) >= 11 is 4.71. The Kier molecular flexibility index (Phi) is 4.57. The average Bonchev–Trinajstić information content (AvgIpc) is 2.59. The number of carbonyl (C=O) groups excluding carboxylic acids is 2. The lowest BCUT2D eigenvalue weighted by Gasteiger charge is -2.03. The minimum atomic E-state index is -0.595. The van der Waals surface area contributed by atoms with Crippen molar-refractivity contribution in [2.45, 2.75) is 0 Å². The Hall–Kier alpha value is -1.08. The Bertz CT molecular complexity index is 367. The van der Waals surface area contributed by atoms with Crippen LogP contribution in [-0.4, -0.2) is 25.0 Å². The van der Waals surface area contributed by atoms with Crippen LogP contribution in [0.25, 0.3) is 0 Å². The predicted molar refractivity (Wildman–Crippen MR) is 61.9 cm³/mol. The van der Waals surface area contributed by atoms with E-state index in [1.807, 2.05) is 0 Å². The van der Waals surface area contributed by atoms with Crippen LogP contribution >= 0.6 is 27.3 Å². The molecule has 0 fully saturated rings. The number of nitrogens with one attached hydrogen (secondary N) is 2. The summed E-state index contributed by atoms with van der Waals surface area (Å²) in [6, 6.07) is 1.14. The van der Waals surface area contributed by atoms with E-state index in [1.165, 1.54) is 11.3 Å². The topological polar surface area (TPSA) is 84.2 Å². The van der Waals surface area contributed by atoms with Crippen molar-refractivity contribution in [1.29, 1.82) is 0 Å². The molecule has 0 saturated carbocycles. The van der Waals surface area contributed by atoms with Crippen LogP contribution in [0.3, 0.4) is 0 Å². The maximum absolute atomic E-state index is 11.4. The van der Waals surface area contributed by atoms with Crippen LogP contribution in [0.2, 0.25) is 0 Å². The molecule has 1 aromatic rings. The van der Waals surface area contributed by atoms with E-state index in [1.54, 1.807) is 11.4 Å². The van der Waals surface area contributed by atoms with Gasteiger partial charge in [0, 0.05) is 18.5 Å². The maximum Gasteiger partial charge on any atom is 0.312 e. The number of halogens is 1. The maximum atomic E-state index is 11.4. The SMILES string of the molecule is NC(=O)NCCNC(=O)c1csc(Br)c1. The summed E-state index contributed by atoms with van der Waals surface area (Å²) in [7, 11) is 0. The number of primary amides is 1. The minimum Gasteiger partial charge on any atom is -0.352 e. The van der Waals surface area contributed by atoms with E-state index in [0.717, 1.165) is 3.79 Å². The van der Waals surface area contributed by atoms with Gasteiger partial charge in [-0.15, -0.1) is 11.3 Å². The summed E-state index contributed by atoms with van der Waals surface area (Å²) in [4.78, 5) is 21.7. The smallest absolute Gasteiger partial charge is 0.312 e. The number of thiophene rings is 1. The Balaban J connectivity index is 2.28. The number of hydrogen-bond acceptors (Lipinski definition) is 3. The van der Waals surface area contributed by atoms with Crippen molar-refractivity contribution in [2.24, 2.45) is 5.73 Å². The zero-order valence-electron chi connectivity index (χ0n) is 7.75. The zero-order valence-corrected chi connectivity index (χ0v) is 10.2. The number of carbonyl (C=O) groups is 2. The molecule has 4 N–H and O–H groups in total. The second-order valence-corrected chi connectivity index (χ2v) is 4.98. The van der Waals surface area contributed by atoms with E-state index in [9.17, 15) is 9.59 Å². The van der Waals surface area contributed by atoms with E-state index in [4.69, 9.17) is 5.73 Å². The monoisotopic (exact) mass is 291 g/mol. The van der Waals surface area contributed by atoms with Gasteiger partial charge in [-0.25, -0.2) is 4.79 Å². The molecule has 0 spiro atoms. The molecule has 0 unspecified atom stereocenters. The molecule has 0 aromatic carbocycles. The number of urea groups is 1. The molecule has 15 heavy (non-hydrogen) atoms. The summed E-state index contributed by atoms with van der Waals surface area (Å²) in [5.74, 6) is -0.164. The van der Waals surface area contributed by atoms with Crippen LogP contribution in [0.15, 0.2) is 15.2 Å². The van der Waals surface area contributed by atoms with Gasteiger partial charge >= 0.3 is 6.03 Å². The van der Waals surface area contributed by atoms with Gasteiger partial charge in [0.15, 0.2) is 0 Å². The summed E-state index contributed by atoms with van der Waals surface area (Å²) in [5.41, 5.74) is 5.46. The van der Waals surface area contributed by atoms with Crippen LogP contribution in [0.1, 0.15) is 10.4 Å². The van der Waals surface area contributed by atoms with Gasteiger partial charge in [-0.05, 0) is 22.0 Å². The first-order chi connectivity index (χ1) is 7.09. The molecular formula is C8H10BrN3O2S. The Labute approximate surface area is 99.2 Å². The van der Waals surface area contributed by atoms with Crippen LogP contribution in [-0.2, 0) is 0 Å². The van der Waals surface area contributed by atoms with Crippen molar-refractivity contribution in [3.63, 3.8) is 0 Å². The highest BCUT2D eigenvalue weighted by Crippen LogP contribution is 2.20. The molecule has 0 bridgehead atoms. The summed E-state index contributed by atoms with van der Waals surface area (Å²) in [6.07, 6.45) is 0. The zero-order chi connectivity index (χ0) is 11.3. The second-order valence-electron chi connectivity index (χ2n) is 2.69. The molecule has 1 aromatic heterocycles. The van der Waals surface area contributed by atoms with Crippen LogP contribution in [0, 0.1) is 0 Å². The fourth-order valence-corrected chi connectivity index (χ4v) is 2.03. The number of amides is 3. The average molecular weight is 292 g/mol. The van der Waals surface area contributed by atoms with Gasteiger partial charge in [0.25, 0.3) is 5.91 Å². The molecule has 0 aliphatic heterocycles. The minimum absolute atomic E-state index is 0.164. The van der Waals surface area contributed by atoms with Crippen LogP contribution in [0.4, 0.5) is 4.79 Å². The fraction of sp³-hybridized carbons (Fsp3) is 0.250. The highest BCUT2D eigenvalue weighted by atomic mass is 79.9. The van der Waals surface area contributed by atoms with E-state index in [2.05, 4.69) is 26.6 Å². The molecule has 0 atom stereocenters. The standard InChI is InChI=1S/C8H10BrN3O2S/c9-6-3-5(4-15-6)7(13)11-1-2-12-8(10)14/h3-4H,1-2H2,(H,11,13)(H3,10,12,14). The van der Waals surface area contributed by atoms with Gasteiger partial charge in [0.1, 0.15) is 0 Å². The lowest BCUT2D eigenvalue weighted by molar-refractivity contribution is 0.0954. The Morgan fingerprint density at radius 1 is 1.40 bits per heavy atom. The van der Waals surface area contributed by atoms with E-state index in [-0.39, 0.29) is 5.91 Å². The number of nitrogens with two attached hydrogens (primary N) is 1. The van der Waals surface area contributed by atoms with Crippen molar-refractivity contribution in [3.8, 4) is 0 Å². The van der Waals surface area contributed by atoms with Gasteiger partial charge in [-0.2, -0.15) is 0 Å². The van der Waals surface area contributed by atoms with Crippen molar-refractivity contribution >= 4 is 39.2 Å². The van der Waals surface area contributed by atoms with Crippen LogP contribution < -0.4 is 16.4 Å². The molecule has 3 amide bonds. The van der Waals surface area contributed by atoms with Crippen molar-refractivity contribution in [3.05, 3.63) is 20.8 Å². The largest absolute Gasteiger partial charge is 0.352 e. The molecule has 1 rings (SSSR count). The quantitative estimate of drug-likeness (QED) is 0.721. The van der Waals surface area contributed by atoms with Gasteiger partial charge < -0.3 is 16.4 Å². The number of rotatable bonds is 4. The molecule has 0 saturated heterocycles. The summed E-state index contributed by atoms with van der Waals surface area (Å²) in [6.45, 7) is 0.682. The lowest BCUT2D eigenvalue weighted by Crippen LogP contribution is -2.37. The van der Waals surface area contributed by atoms with E-state index < -0.39 is 6.03 Å². The fourth-order valence-electron chi connectivity index (χ4n) is 0.893. The highest BCUT2D eigenvalue weighted by Gasteiger charge is 2.06. The van der Waals surface area contributed by atoms with Gasteiger partial charge in [-0.3, -0.25) is 4.79 Å². The molecule has 82 valence electrons. The normalized spacial score (nSPS) is 9.67. The molecule has 0 radical (unpaired) electrons. The van der Waals surface area contributed by atoms with Crippen molar-refractivity contribution < 1.29 is 9.59 Å².